The molecule has 2 fully saturated rings. The normalized spacial score (nSPS) is 26.2. The molecule has 2 saturated heterocycles. The number of hydrogen-bond donors (Lipinski definition) is 2. The number of fused-ring (bicyclic) bond motifs is 1. The zero-order valence-corrected chi connectivity index (χ0v) is 11.9. The third kappa shape index (κ3) is 2.66. The number of amides is 1. The fraction of sp³-hybridized carbons (Fsp3) is 0.562. The molecule has 2 N–H and O–H groups in total. The Bertz CT molecular complexity index is 515. The van der Waals surface area contributed by atoms with Crippen LogP contribution in [0.5, 0.6) is 5.75 Å². The van der Waals surface area contributed by atoms with E-state index >= 15 is 0 Å². The van der Waals surface area contributed by atoms with Crippen molar-refractivity contribution < 1.29 is 9.90 Å². The number of benzene rings is 1. The highest BCUT2D eigenvalue weighted by atomic mass is 16.3. The minimum absolute atomic E-state index is 0.0702. The van der Waals surface area contributed by atoms with Crippen molar-refractivity contribution in [2.24, 2.45) is 0 Å². The molecular weight excluding hydrogens is 252 g/mol. The molecule has 1 amide bonds. The van der Waals surface area contributed by atoms with Crippen LogP contribution in [-0.2, 0) is 0 Å². The summed E-state index contributed by atoms with van der Waals surface area (Å²) in [6.45, 7) is 4.19. The molecule has 108 valence electrons. The zero-order chi connectivity index (χ0) is 14.1. The van der Waals surface area contributed by atoms with E-state index in [1.54, 1.807) is 12.1 Å². The number of carbonyl (C=O) groups is 1. The first kappa shape index (κ1) is 13.4. The summed E-state index contributed by atoms with van der Waals surface area (Å²) in [6.07, 6.45) is 4.58. The van der Waals surface area contributed by atoms with E-state index in [0.29, 0.717) is 11.6 Å². The molecule has 4 heteroatoms. The van der Waals surface area contributed by atoms with Gasteiger partial charge in [0.25, 0.3) is 5.91 Å². The number of carbonyl (C=O) groups excluding carboxylic acids is 1. The molecule has 1 aromatic rings. The summed E-state index contributed by atoms with van der Waals surface area (Å²) in [6, 6.07) is 6.07. The second kappa shape index (κ2) is 5.44. The lowest BCUT2D eigenvalue weighted by atomic mass is 9.97. The summed E-state index contributed by atoms with van der Waals surface area (Å²) in [4.78, 5) is 14.8. The van der Waals surface area contributed by atoms with Crippen molar-refractivity contribution in [2.45, 2.75) is 44.7 Å². The van der Waals surface area contributed by atoms with E-state index in [2.05, 4.69) is 10.2 Å². The van der Waals surface area contributed by atoms with E-state index in [1.807, 2.05) is 13.0 Å². The van der Waals surface area contributed by atoms with Crippen molar-refractivity contribution >= 4 is 5.91 Å². The van der Waals surface area contributed by atoms with E-state index in [9.17, 15) is 9.90 Å². The van der Waals surface area contributed by atoms with Crippen LogP contribution in [0.1, 0.15) is 41.6 Å². The molecule has 0 aliphatic carbocycles. The van der Waals surface area contributed by atoms with Crippen molar-refractivity contribution in [3.05, 3.63) is 29.3 Å². The summed E-state index contributed by atoms with van der Waals surface area (Å²) in [5.74, 6) is -0.0836. The molecule has 2 unspecified atom stereocenters. The monoisotopic (exact) mass is 274 g/mol. The Kier molecular flexibility index (Phi) is 3.66. The molecule has 0 spiro atoms. The van der Waals surface area contributed by atoms with E-state index in [0.717, 1.165) is 24.9 Å². The lowest BCUT2D eigenvalue weighted by Crippen LogP contribution is -2.47. The van der Waals surface area contributed by atoms with Crippen LogP contribution >= 0.6 is 0 Å². The van der Waals surface area contributed by atoms with Crippen molar-refractivity contribution in [1.82, 2.24) is 10.2 Å². The number of phenols is 1. The van der Waals surface area contributed by atoms with Crippen LogP contribution in [0.2, 0.25) is 0 Å². The highest BCUT2D eigenvalue weighted by Gasteiger charge is 2.32. The molecule has 0 aromatic heterocycles. The SMILES string of the molecule is Cc1ccc(C(=O)NC2CCN3CCCC3C2)c(O)c1. The first-order valence-electron chi connectivity index (χ1n) is 7.48. The van der Waals surface area contributed by atoms with Crippen molar-refractivity contribution in [3.63, 3.8) is 0 Å². The van der Waals surface area contributed by atoms with Gasteiger partial charge in [-0.2, -0.15) is 0 Å². The fourth-order valence-electron chi connectivity index (χ4n) is 3.45. The van der Waals surface area contributed by atoms with Gasteiger partial charge in [-0.05, 0) is 56.8 Å². The van der Waals surface area contributed by atoms with Gasteiger partial charge in [0.05, 0.1) is 5.56 Å². The molecule has 2 aliphatic rings. The maximum atomic E-state index is 12.3. The summed E-state index contributed by atoms with van der Waals surface area (Å²) < 4.78 is 0. The average Bonchev–Trinajstić information content (AvgIpc) is 2.85. The smallest absolute Gasteiger partial charge is 0.255 e. The molecule has 0 radical (unpaired) electrons. The molecule has 0 bridgehead atoms. The highest BCUT2D eigenvalue weighted by Crippen LogP contribution is 2.27. The van der Waals surface area contributed by atoms with Crippen LogP contribution in [0, 0.1) is 6.92 Å². The maximum Gasteiger partial charge on any atom is 0.255 e. The number of phenolic OH excluding ortho intramolecular Hbond substituents is 1. The third-order valence-corrected chi connectivity index (χ3v) is 4.55. The van der Waals surface area contributed by atoms with Crippen LogP contribution in [-0.4, -0.2) is 41.1 Å². The van der Waals surface area contributed by atoms with Gasteiger partial charge in [-0.25, -0.2) is 0 Å². The van der Waals surface area contributed by atoms with Gasteiger partial charge < -0.3 is 15.3 Å². The highest BCUT2D eigenvalue weighted by molar-refractivity contribution is 5.97. The van der Waals surface area contributed by atoms with Gasteiger partial charge in [-0.1, -0.05) is 6.07 Å². The number of rotatable bonds is 2. The summed E-state index contributed by atoms with van der Waals surface area (Å²) in [5.41, 5.74) is 1.34. The topological polar surface area (TPSA) is 52.6 Å². The molecule has 4 nitrogen and oxygen atoms in total. The second-order valence-electron chi connectivity index (χ2n) is 6.05. The summed E-state index contributed by atoms with van der Waals surface area (Å²) in [5, 5.41) is 13.0. The Labute approximate surface area is 119 Å². The van der Waals surface area contributed by atoms with Crippen LogP contribution in [0.25, 0.3) is 0 Å². The predicted molar refractivity (Wildman–Crippen MR) is 77.9 cm³/mol. The second-order valence-corrected chi connectivity index (χ2v) is 6.05. The van der Waals surface area contributed by atoms with E-state index in [4.69, 9.17) is 0 Å². The van der Waals surface area contributed by atoms with Gasteiger partial charge in [0.2, 0.25) is 0 Å². The van der Waals surface area contributed by atoms with Crippen molar-refractivity contribution in [3.8, 4) is 5.75 Å². The standard InChI is InChI=1S/C16H22N2O2/c1-11-4-5-14(15(19)9-11)16(20)17-12-6-8-18-7-2-3-13(18)10-12/h4-5,9,12-13,19H,2-3,6-8,10H2,1H3,(H,17,20). The van der Waals surface area contributed by atoms with Crippen LogP contribution < -0.4 is 5.32 Å². The van der Waals surface area contributed by atoms with Gasteiger partial charge in [0.15, 0.2) is 0 Å². The van der Waals surface area contributed by atoms with Crippen molar-refractivity contribution in [2.75, 3.05) is 13.1 Å². The van der Waals surface area contributed by atoms with Gasteiger partial charge in [0, 0.05) is 18.6 Å². The Hall–Kier alpha value is -1.55. The molecular formula is C16H22N2O2. The van der Waals surface area contributed by atoms with E-state index < -0.39 is 0 Å². The van der Waals surface area contributed by atoms with E-state index in [-0.39, 0.29) is 17.7 Å². The summed E-state index contributed by atoms with van der Waals surface area (Å²) >= 11 is 0. The zero-order valence-electron chi connectivity index (χ0n) is 11.9. The Morgan fingerprint density at radius 3 is 3.00 bits per heavy atom. The van der Waals surface area contributed by atoms with Crippen molar-refractivity contribution in [1.29, 1.82) is 0 Å². The number of piperidine rings is 1. The first-order chi connectivity index (χ1) is 9.63. The Morgan fingerprint density at radius 2 is 2.20 bits per heavy atom. The van der Waals surface area contributed by atoms with E-state index in [1.165, 1.54) is 19.4 Å². The minimum Gasteiger partial charge on any atom is -0.507 e. The molecule has 20 heavy (non-hydrogen) atoms. The lowest BCUT2D eigenvalue weighted by Gasteiger charge is -2.35. The minimum atomic E-state index is -0.154. The number of aromatic hydroxyl groups is 1. The molecule has 3 rings (SSSR count). The molecule has 2 atom stereocenters. The largest absolute Gasteiger partial charge is 0.507 e. The molecule has 2 aliphatic heterocycles. The Balaban J connectivity index is 1.64. The van der Waals surface area contributed by atoms with Gasteiger partial charge in [-0.15, -0.1) is 0 Å². The number of nitrogens with one attached hydrogen (secondary N) is 1. The molecule has 0 saturated carbocycles. The van der Waals surface area contributed by atoms with Gasteiger partial charge in [-0.3, -0.25) is 4.79 Å². The molecule has 1 aromatic carbocycles. The number of aryl methyl sites for hydroxylation is 1. The van der Waals surface area contributed by atoms with Gasteiger partial charge in [0.1, 0.15) is 5.75 Å². The Morgan fingerprint density at radius 1 is 1.35 bits per heavy atom. The number of nitrogens with zero attached hydrogens (tertiary/aromatic N) is 1. The van der Waals surface area contributed by atoms with Crippen LogP contribution in [0.4, 0.5) is 0 Å². The average molecular weight is 274 g/mol. The first-order valence-corrected chi connectivity index (χ1v) is 7.48. The fourth-order valence-corrected chi connectivity index (χ4v) is 3.45. The molecule has 2 heterocycles. The summed E-state index contributed by atoms with van der Waals surface area (Å²) in [7, 11) is 0. The quantitative estimate of drug-likeness (QED) is 0.868. The van der Waals surface area contributed by atoms with Crippen LogP contribution in [0.15, 0.2) is 18.2 Å². The van der Waals surface area contributed by atoms with Crippen LogP contribution in [0.3, 0.4) is 0 Å². The predicted octanol–water partition coefficient (Wildman–Crippen LogP) is 2.06. The van der Waals surface area contributed by atoms with Gasteiger partial charge >= 0.3 is 0 Å². The number of hydrogen-bond acceptors (Lipinski definition) is 3. The third-order valence-electron chi connectivity index (χ3n) is 4.55. The lowest BCUT2D eigenvalue weighted by molar-refractivity contribution is 0.0893. The maximum absolute atomic E-state index is 12.3.